The predicted molar refractivity (Wildman–Crippen MR) is 92.0 cm³/mol. The van der Waals surface area contributed by atoms with Gasteiger partial charge < -0.3 is 0 Å². The lowest BCUT2D eigenvalue weighted by Gasteiger charge is -2.01. The minimum absolute atomic E-state index is 1.03. The molecule has 1 heteroatoms. The van der Waals surface area contributed by atoms with E-state index in [9.17, 15) is 0 Å². The van der Waals surface area contributed by atoms with Gasteiger partial charge >= 0.3 is 0 Å². The van der Waals surface area contributed by atoms with Crippen LogP contribution in [0.1, 0.15) is 11.1 Å². The highest BCUT2D eigenvalue weighted by molar-refractivity contribution is 9.10. The Kier molecular flexibility index (Phi) is 4.19. The Bertz CT molecular complexity index is 773. The van der Waals surface area contributed by atoms with Crippen molar-refractivity contribution >= 4 is 15.9 Å². The molecule has 0 nitrogen and oxygen atoms in total. The van der Waals surface area contributed by atoms with Crippen LogP contribution in [0.15, 0.2) is 83.3 Å². The standard InChI is InChI=1S/C20H13Br/c21-20-14-12-19(13-15-20)18-10-8-17(9-11-18)7-6-16-4-2-1-3-5-16/h1-5,8-15H. The molecule has 0 bridgehead atoms. The number of hydrogen-bond donors (Lipinski definition) is 0. The van der Waals surface area contributed by atoms with Gasteiger partial charge in [0.25, 0.3) is 0 Å². The molecule has 21 heavy (non-hydrogen) atoms. The fraction of sp³-hybridized carbons (Fsp3) is 0. The van der Waals surface area contributed by atoms with Gasteiger partial charge in [0.2, 0.25) is 0 Å². The molecular weight excluding hydrogens is 320 g/mol. The number of hydrogen-bond acceptors (Lipinski definition) is 0. The van der Waals surface area contributed by atoms with Crippen LogP contribution >= 0.6 is 15.9 Å². The van der Waals surface area contributed by atoms with Crippen molar-refractivity contribution in [1.82, 2.24) is 0 Å². The summed E-state index contributed by atoms with van der Waals surface area (Å²) in [4.78, 5) is 0. The minimum atomic E-state index is 1.03. The molecule has 0 unspecified atom stereocenters. The topological polar surface area (TPSA) is 0 Å². The van der Waals surface area contributed by atoms with Crippen molar-refractivity contribution in [3.8, 4) is 23.0 Å². The quantitative estimate of drug-likeness (QED) is 0.515. The lowest BCUT2D eigenvalue weighted by atomic mass is 10.0. The average Bonchev–Trinajstić information content (AvgIpc) is 2.55. The van der Waals surface area contributed by atoms with E-state index >= 15 is 0 Å². The largest absolute Gasteiger partial charge is 0.0622 e. The zero-order valence-electron chi connectivity index (χ0n) is 11.4. The van der Waals surface area contributed by atoms with Crippen molar-refractivity contribution in [1.29, 1.82) is 0 Å². The fourth-order valence-corrected chi connectivity index (χ4v) is 2.32. The average molecular weight is 333 g/mol. The summed E-state index contributed by atoms with van der Waals surface area (Å²) in [5.74, 6) is 6.36. The first-order chi connectivity index (χ1) is 10.3. The molecule has 0 atom stereocenters. The second-order valence-electron chi connectivity index (χ2n) is 4.70. The Morgan fingerprint density at radius 2 is 1.00 bits per heavy atom. The lowest BCUT2D eigenvalue weighted by molar-refractivity contribution is 1.57. The molecule has 0 amide bonds. The summed E-state index contributed by atoms with van der Waals surface area (Å²) < 4.78 is 1.09. The molecule has 0 N–H and O–H groups in total. The van der Waals surface area contributed by atoms with Gasteiger partial charge in [-0.05, 0) is 47.5 Å². The van der Waals surface area contributed by atoms with Crippen LogP contribution in [-0.4, -0.2) is 0 Å². The van der Waals surface area contributed by atoms with E-state index in [-0.39, 0.29) is 0 Å². The van der Waals surface area contributed by atoms with E-state index in [0.717, 1.165) is 15.6 Å². The summed E-state index contributed by atoms with van der Waals surface area (Å²) in [6, 6.07) is 26.7. The van der Waals surface area contributed by atoms with Crippen LogP contribution in [0.5, 0.6) is 0 Å². The first-order valence-electron chi connectivity index (χ1n) is 6.74. The second-order valence-corrected chi connectivity index (χ2v) is 5.62. The first kappa shape index (κ1) is 13.7. The number of halogens is 1. The summed E-state index contributed by atoms with van der Waals surface area (Å²) in [5.41, 5.74) is 4.47. The summed E-state index contributed by atoms with van der Waals surface area (Å²) in [6.07, 6.45) is 0. The van der Waals surface area contributed by atoms with E-state index in [0.29, 0.717) is 0 Å². The summed E-state index contributed by atoms with van der Waals surface area (Å²) in [6.45, 7) is 0. The van der Waals surface area contributed by atoms with Crippen LogP contribution in [0, 0.1) is 11.8 Å². The predicted octanol–water partition coefficient (Wildman–Crippen LogP) is 5.52. The smallest absolute Gasteiger partial charge is 0.0249 e. The molecule has 0 aliphatic rings. The summed E-state index contributed by atoms with van der Waals surface area (Å²) in [5, 5.41) is 0. The molecule has 3 rings (SSSR count). The molecule has 0 saturated heterocycles. The van der Waals surface area contributed by atoms with Crippen LogP contribution in [0.4, 0.5) is 0 Å². The SMILES string of the molecule is Brc1ccc(-c2ccc(C#Cc3ccccc3)cc2)cc1. The Balaban J connectivity index is 1.82. The Morgan fingerprint density at radius 3 is 1.57 bits per heavy atom. The molecule has 100 valence electrons. The van der Waals surface area contributed by atoms with Crippen molar-refractivity contribution < 1.29 is 0 Å². The van der Waals surface area contributed by atoms with E-state index in [1.54, 1.807) is 0 Å². The van der Waals surface area contributed by atoms with E-state index < -0.39 is 0 Å². The second kappa shape index (κ2) is 6.43. The first-order valence-corrected chi connectivity index (χ1v) is 7.54. The van der Waals surface area contributed by atoms with Crippen molar-refractivity contribution in [2.75, 3.05) is 0 Å². The van der Waals surface area contributed by atoms with Crippen molar-refractivity contribution in [3.05, 3.63) is 94.5 Å². The molecule has 0 saturated carbocycles. The minimum Gasteiger partial charge on any atom is -0.0622 e. The van der Waals surface area contributed by atoms with Crippen LogP contribution in [0.2, 0.25) is 0 Å². The highest BCUT2D eigenvalue weighted by Gasteiger charge is 1.97. The van der Waals surface area contributed by atoms with E-state index in [4.69, 9.17) is 0 Å². The Hall–Kier alpha value is -2.30. The zero-order chi connectivity index (χ0) is 14.5. The van der Waals surface area contributed by atoms with E-state index in [2.05, 4.69) is 76.3 Å². The van der Waals surface area contributed by atoms with Gasteiger partial charge in [-0.15, -0.1) is 0 Å². The highest BCUT2D eigenvalue weighted by atomic mass is 79.9. The molecule has 3 aromatic carbocycles. The van der Waals surface area contributed by atoms with Gasteiger partial charge in [0, 0.05) is 15.6 Å². The molecule has 3 aromatic rings. The van der Waals surface area contributed by atoms with Gasteiger partial charge in [-0.25, -0.2) is 0 Å². The molecule has 0 aliphatic carbocycles. The molecule has 0 heterocycles. The molecule has 0 spiro atoms. The lowest BCUT2D eigenvalue weighted by Crippen LogP contribution is -1.79. The van der Waals surface area contributed by atoms with E-state index in [1.807, 2.05) is 30.3 Å². The van der Waals surface area contributed by atoms with Gasteiger partial charge in [0.05, 0.1) is 0 Å². The van der Waals surface area contributed by atoms with Crippen molar-refractivity contribution in [2.24, 2.45) is 0 Å². The van der Waals surface area contributed by atoms with Gasteiger partial charge in [-0.1, -0.05) is 70.2 Å². The van der Waals surface area contributed by atoms with Gasteiger partial charge in [-0.2, -0.15) is 0 Å². The molecular formula is C20H13Br. The maximum atomic E-state index is 3.45. The Labute approximate surface area is 133 Å². The molecule has 0 aliphatic heterocycles. The van der Waals surface area contributed by atoms with Crippen LogP contribution in [-0.2, 0) is 0 Å². The van der Waals surface area contributed by atoms with Gasteiger partial charge in [0.15, 0.2) is 0 Å². The number of benzene rings is 3. The Morgan fingerprint density at radius 1 is 0.524 bits per heavy atom. The maximum Gasteiger partial charge on any atom is 0.0249 e. The maximum absolute atomic E-state index is 3.45. The van der Waals surface area contributed by atoms with Crippen molar-refractivity contribution in [2.45, 2.75) is 0 Å². The van der Waals surface area contributed by atoms with Crippen LogP contribution in [0.25, 0.3) is 11.1 Å². The highest BCUT2D eigenvalue weighted by Crippen LogP contribution is 2.21. The molecule has 0 fully saturated rings. The third-order valence-corrected chi connectivity index (χ3v) is 3.72. The zero-order valence-corrected chi connectivity index (χ0v) is 13.0. The molecule has 0 radical (unpaired) electrons. The summed E-state index contributed by atoms with van der Waals surface area (Å²) in [7, 11) is 0. The van der Waals surface area contributed by atoms with Gasteiger partial charge in [0.1, 0.15) is 0 Å². The third kappa shape index (κ3) is 3.62. The fourth-order valence-electron chi connectivity index (χ4n) is 2.05. The van der Waals surface area contributed by atoms with Crippen molar-refractivity contribution in [3.63, 3.8) is 0 Å². The van der Waals surface area contributed by atoms with Crippen LogP contribution < -0.4 is 0 Å². The number of rotatable bonds is 1. The summed E-state index contributed by atoms with van der Waals surface area (Å²) >= 11 is 3.45. The van der Waals surface area contributed by atoms with Crippen LogP contribution in [0.3, 0.4) is 0 Å². The van der Waals surface area contributed by atoms with Gasteiger partial charge in [-0.3, -0.25) is 0 Å². The monoisotopic (exact) mass is 332 g/mol. The third-order valence-electron chi connectivity index (χ3n) is 3.19. The molecule has 0 aromatic heterocycles. The van der Waals surface area contributed by atoms with E-state index in [1.165, 1.54) is 11.1 Å². The normalized spacial score (nSPS) is 9.76.